The van der Waals surface area contributed by atoms with Gasteiger partial charge in [0.1, 0.15) is 5.82 Å². The van der Waals surface area contributed by atoms with Gasteiger partial charge >= 0.3 is 6.41 Å². The van der Waals surface area contributed by atoms with E-state index >= 15 is 0 Å². The van der Waals surface area contributed by atoms with E-state index in [2.05, 4.69) is 18.2 Å². The van der Waals surface area contributed by atoms with Crippen LogP contribution in [0.5, 0.6) is 0 Å². The van der Waals surface area contributed by atoms with Crippen LogP contribution in [0, 0.1) is 5.82 Å². The van der Waals surface area contributed by atoms with Gasteiger partial charge in [0.05, 0.1) is 6.17 Å². The third-order valence-corrected chi connectivity index (χ3v) is 4.12. The molecule has 1 aromatic rings. The maximum atomic E-state index is 12.9. The summed E-state index contributed by atoms with van der Waals surface area (Å²) in [4.78, 5) is 15.4. The fraction of sp³-hybridized carbons (Fsp3) is 0.588. The summed E-state index contributed by atoms with van der Waals surface area (Å²) in [7, 11) is 0. The molecule has 0 bridgehead atoms. The summed E-state index contributed by atoms with van der Waals surface area (Å²) in [6.45, 7) is 4.77. The SMILES string of the molecule is CCCN([C]=O)C1CCCCN1CCc1ccc(F)cc1. The molecule has 1 fully saturated rings. The van der Waals surface area contributed by atoms with Gasteiger partial charge in [-0.1, -0.05) is 19.1 Å². The topological polar surface area (TPSA) is 23.6 Å². The maximum absolute atomic E-state index is 12.9. The second-order valence-electron chi connectivity index (χ2n) is 5.67. The molecule has 1 heterocycles. The lowest BCUT2D eigenvalue weighted by Crippen LogP contribution is -2.51. The number of nitrogens with zero attached hydrogens (tertiary/aromatic N) is 2. The molecule has 0 N–H and O–H groups in total. The lowest BCUT2D eigenvalue weighted by atomic mass is 10.0. The Labute approximate surface area is 126 Å². The molecule has 2 rings (SSSR count). The first-order valence-corrected chi connectivity index (χ1v) is 7.87. The van der Waals surface area contributed by atoms with Crippen molar-refractivity contribution in [3.63, 3.8) is 0 Å². The zero-order valence-corrected chi connectivity index (χ0v) is 12.7. The van der Waals surface area contributed by atoms with Gasteiger partial charge in [-0.25, -0.2) is 4.39 Å². The number of hydrogen-bond donors (Lipinski definition) is 0. The first kappa shape index (κ1) is 16.0. The fourth-order valence-corrected chi connectivity index (χ4v) is 3.01. The van der Waals surface area contributed by atoms with Crippen LogP contribution < -0.4 is 0 Å². The molecule has 4 heteroatoms. The van der Waals surface area contributed by atoms with E-state index in [1.54, 1.807) is 0 Å². The highest BCUT2D eigenvalue weighted by molar-refractivity contribution is 5.48. The Bertz CT molecular complexity index is 435. The molecule has 1 amide bonds. The Balaban J connectivity index is 1.94. The summed E-state index contributed by atoms with van der Waals surface area (Å²) in [5.74, 6) is -0.195. The summed E-state index contributed by atoms with van der Waals surface area (Å²) in [6, 6.07) is 6.69. The molecule has 1 aliphatic rings. The Morgan fingerprint density at radius 2 is 2.10 bits per heavy atom. The second-order valence-corrected chi connectivity index (χ2v) is 5.67. The minimum atomic E-state index is -0.195. The predicted octanol–water partition coefficient (Wildman–Crippen LogP) is 2.96. The van der Waals surface area contributed by atoms with Gasteiger partial charge in [-0.15, -0.1) is 0 Å². The zero-order chi connectivity index (χ0) is 15.1. The van der Waals surface area contributed by atoms with Crippen LogP contribution >= 0.6 is 0 Å². The normalized spacial score (nSPS) is 19.4. The van der Waals surface area contributed by atoms with Crippen LogP contribution in [-0.2, 0) is 11.2 Å². The van der Waals surface area contributed by atoms with E-state index in [-0.39, 0.29) is 12.0 Å². The maximum Gasteiger partial charge on any atom is 0.313 e. The van der Waals surface area contributed by atoms with Crippen LogP contribution in [0.4, 0.5) is 4.39 Å². The third-order valence-electron chi connectivity index (χ3n) is 4.12. The molecule has 1 atom stereocenters. The Morgan fingerprint density at radius 1 is 1.33 bits per heavy atom. The number of hydrogen-bond acceptors (Lipinski definition) is 2. The van der Waals surface area contributed by atoms with Crippen LogP contribution in [-0.4, -0.2) is 42.0 Å². The largest absolute Gasteiger partial charge is 0.319 e. The molecule has 0 spiro atoms. The number of benzene rings is 1. The Kier molecular flexibility index (Phi) is 6.18. The molecule has 1 saturated heterocycles. The predicted molar refractivity (Wildman–Crippen MR) is 82.0 cm³/mol. The van der Waals surface area contributed by atoms with Crippen molar-refractivity contribution >= 4 is 6.41 Å². The van der Waals surface area contributed by atoms with Crippen LogP contribution in [0.25, 0.3) is 0 Å². The van der Waals surface area contributed by atoms with Crippen molar-refractivity contribution in [2.45, 2.75) is 45.2 Å². The van der Waals surface area contributed by atoms with Gasteiger partial charge in [-0.05, 0) is 49.8 Å². The van der Waals surface area contributed by atoms with Crippen LogP contribution in [0.1, 0.15) is 38.2 Å². The number of amides is 1. The van der Waals surface area contributed by atoms with Crippen molar-refractivity contribution in [2.24, 2.45) is 0 Å². The van der Waals surface area contributed by atoms with Gasteiger partial charge in [0.25, 0.3) is 0 Å². The van der Waals surface area contributed by atoms with Crippen LogP contribution in [0.3, 0.4) is 0 Å². The van der Waals surface area contributed by atoms with Gasteiger partial charge < -0.3 is 4.90 Å². The van der Waals surface area contributed by atoms with Gasteiger partial charge in [-0.2, -0.15) is 0 Å². The summed E-state index contributed by atoms with van der Waals surface area (Å²) in [6.07, 6.45) is 7.49. The standard InChI is InChI=1S/C17H24FN2O/c1-2-11-20(14-21)17-5-3-4-12-19(17)13-10-15-6-8-16(18)9-7-15/h6-9,17H,2-5,10-13H2,1H3. The summed E-state index contributed by atoms with van der Waals surface area (Å²) in [5.41, 5.74) is 1.14. The Hall–Kier alpha value is -1.42. The highest BCUT2D eigenvalue weighted by Crippen LogP contribution is 2.20. The molecule has 1 unspecified atom stereocenters. The summed E-state index contributed by atoms with van der Waals surface area (Å²) < 4.78 is 12.9. The number of halogens is 1. The molecule has 0 saturated carbocycles. The molecule has 0 aliphatic carbocycles. The van der Waals surface area contributed by atoms with Gasteiger partial charge in [0.15, 0.2) is 0 Å². The van der Waals surface area contributed by atoms with Crippen molar-refractivity contribution in [1.29, 1.82) is 0 Å². The number of likely N-dealkylation sites (tertiary alicyclic amines) is 1. The van der Waals surface area contributed by atoms with Crippen molar-refractivity contribution in [3.8, 4) is 0 Å². The lowest BCUT2D eigenvalue weighted by Gasteiger charge is -2.40. The van der Waals surface area contributed by atoms with E-state index in [0.29, 0.717) is 0 Å². The van der Waals surface area contributed by atoms with E-state index in [9.17, 15) is 9.18 Å². The number of carbonyl (C=O) groups excluding carboxylic acids is 1. The number of rotatable bonds is 7. The van der Waals surface area contributed by atoms with Gasteiger partial charge in [-0.3, -0.25) is 9.69 Å². The Morgan fingerprint density at radius 3 is 2.76 bits per heavy atom. The fourth-order valence-electron chi connectivity index (χ4n) is 3.01. The molecule has 1 aromatic carbocycles. The van der Waals surface area contributed by atoms with Gasteiger partial charge in [0.2, 0.25) is 0 Å². The molecule has 1 aliphatic heterocycles. The van der Waals surface area contributed by atoms with Crippen molar-refractivity contribution in [1.82, 2.24) is 9.80 Å². The monoisotopic (exact) mass is 291 g/mol. The smallest absolute Gasteiger partial charge is 0.313 e. The number of piperidine rings is 1. The van der Waals surface area contributed by atoms with Crippen molar-refractivity contribution in [2.75, 3.05) is 19.6 Å². The first-order valence-electron chi connectivity index (χ1n) is 7.87. The highest BCUT2D eigenvalue weighted by atomic mass is 19.1. The second kappa shape index (κ2) is 8.13. The van der Waals surface area contributed by atoms with Crippen LogP contribution in [0.2, 0.25) is 0 Å². The van der Waals surface area contributed by atoms with Crippen LogP contribution in [0.15, 0.2) is 24.3 Å². The van der Waals surface area contributed by atoms with E-state index in [4.69, 9.17) is 0 Å². The van der Waals surface area contributed by atoms with Crippen molar-refractivity contribution in [3.05, 3.63) is 35.6 Å². The quantitative estimate of drug-likeness (QED) is 0.721. The molecular weight excluding hydrogens is 267 g/mol. The zero-order valence-electron chi connectivity index (χ0n) is 12.7. The average molecular weight is 291 g/mol. The average Bonchev–Trinajstić information content (AvgIpc) is 2.52. The van der Waals surface area contributed by atoms with Crippen molar-refractivity contribution < 1.29 is 9.18 Å². The van der Waals surface area contributed by atoms with E-state index in [0.717, 1.165) is 44.5 Å². The minimum Gasteiger partial charge on any atom is -0.319 e. The van der Waals surface area contributed by atoms with Gasteiger partial charge in [0, 0.05) is 19.6 Å². The molecule has 1 radical (unpaired) electrons. The summed E-state index contributed by atoms with van der Waals surface area (Å²) in [5, 5.41) is 0. The molecule has 115 valence electrons. The molecule has 0 aromatic heterocycles. The first-order chi connectivity index (χ1) is 10.2. The van der Waals surface area contributed by atoms with E-state index in [1.807, 2.05) is 17.0 Å². The van der Waals surface area contributed by atoms with E-state index < -0.39 is 0 Å². The minimum absolute atomic E-state index is 0.177. The summed E-state index contributed by atoms with van der Waals surface area (Å²) >= 11 is 0. The highest BCUT2D eigenvalue weighted by Gasteiger charge is 2.26. The third kappa shape index (κ3) is 4.53. The molecule has 21 heavy (non-hydrogen) atoms. The molecule has 3 nitrogen and oxygen atoms in total. The lowest BCUT2D eigenvalue weighted by molar-refractivity contribution is 0.0550. The molecular formula is C17H24FN2O. The van der Waals surface area contributed by atoms with E-state index in [1.165, 1.54) is 25.0 Å².